The molecule has 0 saturated carbocycles. The maximum absolute atomic E-state index is 12.8. The van der Waals surface area contributed by atoms with Gasteiger partial charge in [-0.2, -0.15) is 13.2 Å². The Morgan fingerprint density at radius 2 is 1.91 bits per heavy atom. The lowest BCUT2D eigenvalue weighted by atomic mass is 9.99. The van der Waals surface area contributed by atoms with Crippen molar-refractivity contribution < 1.29 is 17.9 Å². The second kappa shape index (κ2) is 5.23. The summed E-state index contributed by atoms with van der Waals surface area (Å²) < 4.78 is 43.8. The Hall–Kier alpha value is -2.17. The summed E-state index contributed by atoms with van der Waals surface area (Å²) >= 11 is 0. The van der Waals surface area contributed by atoms with Crippen LogP contribution in [0.15, 0.2) is 36.4 Å². The molecule has 2 aromatic rings. The summed E-state index contributed by atoms with van der Waals surface area (Å²) in [5.41, 5.74) is 2.88. The lowest BCUT2D eigenvalue weighted by Gasteiger charge is -2.16. The molecule has 22 heavy (non-hydrogen) atoms. The fourth-order valence-corrected chi connectivity index (χ4v) is 2.85. The van der Waals surface area contributed by atoms with Crippen molar-refractivity contribution in [3.05, 3.63) is 58.7 Å². The van der Waals surface area contributed by atoms with Crippen molar-refractivity contribution >= 4 is 5.69 Å². The van der Waals surface area contributed by atoms with Crippen LogP contribution in [0.5, 0.6) is 5.75 Å². The second-order valence-electron chi connectivity index (χ2n) is 5.52. The molecule has 2 aromatic carbocycles. The van der Waals surface area contributed by atoms with Crippen molar-refractivity contribution in [3.63, 3.8) is 0 Å². The van der Waals surface area contributed by atoms with Gasteiger partial charge in [-0.15, -0.1) is 0 Å². The van der Waals surface area contributed by atoms with E-state index in [2.05, 4.69) is 5.32 Å². The first kappa shape index (κ1) is 14.8. The largest absolute Gasteiger partial charge is 0.496 e. The third-order valence-electron chi connectivity index (χ3n) is 3.95. The number of nitrogens with one attached hydrogen (secondary N) is 1. The fourth-order valence-electron chi connectivity index (χ4n) is 2.85. The van der Waals surface area contributed by atoms with Crippen LogP contribution in [0.25, 0.3) is 0 Å². The lowest BCUT2D eigenvalue weighted by Crippen LogP contribution is -2.07. The van der Waals surface area contributed by atoms with Crippen LogP contribution in [0, 0.1) is 6.92 Å². The molecule has 0 fully saturated rings. The van der Waals surface area contributed by atoms with Gasteiger partial charge in [0.1, 0.15) is 5.75 Å². The number of aryl methyl sites for hydroxylation is 1. The minimum atomic E-state index is -4.31. The van der Waals surface area contributed by atoms with Crippen molar-refractivity contribution in [2.24, 2.45) is 0 Å². The summed E-state index contributed by atoms with van der Waals surface area (Å²) in [6.07, 6.45) is -3.80. The predicted octanol–water partition coefficient (Wildman–Crippen LogP) is 4.73. The molecule has 1 atom stereocenters. The van der Waals surface area contributed by atoms with Gasteiger partial charge < -0.3 is 10.1 Å². The van der Waals surface area contributed by atoms with E-state index in [-0.39, 0.29) is 6.04 Å². The molecule has 0 aromatic heterocycles. The number of hydrogen-bond acceptors (Lipinski definition) is 2. The lowest BCUT2D eigenvalue weighted by molar-refractivity contribution is -0.137. The molecular weight excluding hydrogens is 291 g/mol. The molecule has 0 radical (unpaired) electrons. The summed E-state index contributed by atoms with van der Waals surface area (Å²) in [5.74, 6) is 0.743. The third kappa shape index (κ3) is 2.63. The van der Waals surface area contributed by atoms with Crippen LogP contribution in [-0.2, 0) is 12.6 Å². The quantitative estimate of drug-likeness (QED) is 0.866. The molecule has 2 nitrogen and oxygen atoms in total. The number of rotatable bonds is 2. The van der Waals surface area contributed by atoms with Crippen molar-refractivity contribution in [1.29, 1.82) is 0 Å². The van der Waals surface area contributed by atoms with Gasteiger partial charge in [-0.3, -0.25) is 0 Å². The molecule has 0 bridgehead atoms. The topological polar surface area (TPSA) is 21.3 Å². The van der Waals surface area contributed by atoms with E-state index in [1.54, 1.807) is 7.11 Å². The van der Waals surface area contributed by atoms with Gasteiger partial charge in [0.25, 0.3) is 0 Å². The first-order valence-electron chi connectivity index (χ1n) is 6.99. The molecule has 1 heterocycles. The zero-order valence-electron chi connectivity index (χ0n) is 12.3. The van der Waals surface area contributed by atoms with Crippen LogP contribution in [0.1, 0.15) is 28.3 Å². The average Bonchev–Trinajstić information content (AvgIpc) is 2.89. The first-order valence-corrected chi connectivity index (χ1v) is 6.99. The molecule has 5 heteroatoms. The van der Waals surface area contributed by atoms with Crippen LogP contribution < -0.4 is 10.1 Å². The van der Waals surface area contributed by atoms with Gasteiger partial charge >= 0.3 is 6.18 Å². The van der Waals surface area contributed by atoms with E-state index in [1.807, 2.05) is 25.1 Å². The summed E-state index contributed by atoms with van der Waals surface area (Å²) in [6, 6.07) is 9.61. The maximum Gasteiger partial charge on any atom is 0.416 e. The van der Waals surface area contributed by atoms with Crippen LogP contribution in [0.2, 0.25) is 0 Å². The Morgan fingerprint density at radius 1 is 1.14 bits per heavy atom. The number of methoxy groups -OCH3 is 1. The van der Waals surface area contributed by atoms with Gasteiger partial charge in [0.15, 0.2) is 0 Å². The highest BCUT2D eigenvalue weighted by Gasteiger charge is 2.33. The van der Waals surface area contributed by atoms with E-state index in [1.165, 1.54) is 12.1 Å². The predicted molar refractivity (Wildman–Crippen MR) is 79.2 cm³/mol. The number of anilines is 1. The molecular formula is C17H16F3NO. The van der Waals surface area contributed by atoms with Crippen LogP contribution >= 0.6 is 0 Å². The van der Waals surface area contributed by atoms with E-state index in [0.717, 1.165) is 28.6 Å². The Kier molecular flexibility index (Phi) is 3.51. The van der Waals surface area contributed by atoms with E-state index in [0.29, 0.717) is 12.0 Å². The number of halogens is 3. The molecule has 1 aliphatic heterocycles. The van der Waals surface area contributed by atoms with Crippen molar-refractivity contribution in [1.82, 2.24) is 0 Å². The Labute approximate surface area is 126 Å². The molecule has 1 aliphatic rings. The zero-order valence-corrected chi connectivity index (χ0v) is 12.3. The number of fused-ring (bicyclic) bond motifs is 1. The molecule has 0 amide bonds. The highest BCUT2D eigenvalue weighted by Crippen LogP contribution is 2.40. The number of benzene rings is 2. The molecule has 3 rings (SSSR count). The SMILES string of the molecule is COc1ccc(C)cc1C1Cc2cc(C(F)(F)F)ccc2N1. The highest BCUT2D eigenvalue weighted by molar-refractivity contribution is 5.61. The van der Waals surface area contributed by atoms with E-state index in [4.69, 9.17) is 4.74 Å². The minimum absolute atomic E-state index is 0.0756. The van der Waals surface area contributed by atoms with Gasteiger partial charge in [0.2, 0.25) is 0 Å². The van der Waals surface area contributed by atoms with Gasteiger partial charge in [0, 0.05) is 11.3 Å². The fraction of sp³-hybridized carbons (Fsp3) is 0.294. The standard InChI is InChI=1S/C17H16F3NO/c1-10-3-6-16(22-2)13(7-10)15-9-11-8-12(17(18,19)20)4-5-14(11)21-15/h3-8,15,21H,9H2,1-2H3. The molecule has 1 unspecified atom stereocenters. The van der Waals surface area contributed by atoms with Crippen molar-refractivity contribution in [2.75, 3.05) is 12.4 Å². The van der Waals surface area contributed by atoms with Crippen LogP contribution in [0.3, 0.4) is 0 Å². The van der Waals surface area contributed by atoms with Gasteiger partial charge in [-0.1, -0.05) is 17.7 Å². The molecule has 0 spiro atoms. The molecule has 1 N–H and O–H groups in total. The normalized spacial score (nSPS) is 17.0. The maximum atomic E-state index is 12.8. The van der Waals surface area contributed by atoms with Crippen molar-refractivity contribution in [3.8, 4) is 5.75 Å². The van der Waals surface area contributed by atoms with Crippen LogP contribution in [0.4, 0.5) is 18.9 Å². The average molecular weight is 307 g/mol. The van der Waals surface area contributed by atoms with Crippen LogP contribution in [-0.4, -0.2) is 7.11 Å². The van der Waals surface area contributed by atoms with E-state index >= 15 is 0 Å². The highest BCUT2D eigenvalue weighted by atomic mass is 19.4. The third-order valence-corrected chi connectivity index (χ3v) is 3.95. The summed E-state index contributed by atoms with van der Waals surface area (Å²) in [5, 5.41) is 3.28. The van der Waals surface area contributed by atoms with Crippen molar-refractivity contribution in [2.45, 2.75) is 25.6 Å². The molecule has 0 saturated heterocycles. The number of ether oxygens (including phenoxy) is 1. The van der Waals surface area contributed by atoms with Gasteiger partial charge in [0.05, 0.1) is 18.7 Å². The number of alkyl halides is 3. The first-order chi connectivity index (χ1) is 10.4. The Bertz CT molecular complexity index is 710. The summed E-state index contributed by atoms with van der Waals surface area (Å²) in [7, 11) is 1.60. The Morgan fingerprint density at radius 3 is 2.59 bits per heavy atom. The second-order valence-corrected chi connectivity index (χ2v) is 5.52. The summed E-state index contributed by atoms with van der Waals surface area (Å²) in [4.78, 5) is 0. The number of hydrogen-bond donors (Lipinski definition) is 1. The van der Waals surface area contributed by atoms with E-state index in [9.17, 15) is 13.2 Å². The molecule has 116 valence electrons. The van der Waals surface area contributed by atoms with Gasteiger partial charge in [-0.25, -0.2) is 0 Å². The van der Waals surface area contributed by atoms with Gasteiger partial charge in [-0.05, 0) is 43.2 Å². The molecule has 0 aliphatic carbocycles. The van der Waals surface area contributed by atoms with E-state index < -0.39 is 11.7 Å². The monoisotopic (exact) mass is 307 g/mol. The smallest absolute Gasteiger partial charge is 0.416 e. The summed E-state index contributed by atoms with van der Waals surface area (Å²) in [6.45, 7) is 1.98. The minimum Gasteiger partial charge on any atom is -0.496 e. The zero-order chi connectivity index (χ0) is 15.9. The Balaban J connectivity index is 1.93.